The van der Waals surface area contributed by atoms with Crippen LogP contribution < -0.4 is 5.73 Å². The van der Waals surface area contributed by atoms with Crippen molar-refractivity contribution in [1.82, 2.24) is 9.80 Å². The molecule has 0 aromatic carbocycles. The molecule has 110 valence electrons. The van der Waals surface area contributed by atoms with Gasteiger partial charge in [-0.1, -0.05) is 0 Å². The molecular weight excluding hydrogens is 242 g/mol. The van der Waals surface area contributed by atoms with Gasteiger partial charge >= 0.3 is 0 Å². The summed E-state index contributed by atoms with van der Waals surface area (Å²) in [6.45, 7) is 4.48. The second-order valence-electron chi connectivity index (χ2n) is 5.71. The molecule has 2 atom stereocenters. The molecule has 2 rings (SSSR count). The third-order valence-electron chi connectivity index (χ3n) is 4.33. The van der Waals surface area contributed by atoms with Crippen molar-refractivity contribution < 1.29 is 9.53 Å². The number of nitrogens with zero attached hydrogens (tertiary/aromatic N) is 2. The average Bonchev–Trinajstić information content (AvgIpc) is 2.83. The number of hydrogen-bond donors (Lipinski definition) is 1. The smallest absolute Gasteiger partial charge is 0.241 e. The molecule has 0 saturated carbocycles. The van der Waals surface area contributed by atoms with Crippen molar-refractivity contribution in [3.05, 3.63) is 0 Å². The highest BCUT2D eigenvalue weighted by Crippen LogP contribution is 2.21. The number of methoxy groups -OCH3 is 1. The van der Waals surface area contributed by atoms with E-state index in [9.17, 15) is 4.79 Å². The molecule has 0 bridgehead atoms. The quantitative estimate of drug-likeness (QED) is 0.804. The number of ether oxygens (including phenoxy) is 1. The summed E-state index contributed by atoms with van der Waals surface area (Å²) in [6, 6.07) is 0.160. The Labute approximate surface area is 116 Å². The lowest BCUT2D eigenvalue weighted by molar-refractivity contribution is -0.133. The van der Waals surface area contributed by atoms with Crippen molar-refractivity contribution in [2.75, 3.05) is 39.9 Å². The molecule has 0 aromatic heterocycles. The predicted molar refractivity (Wildman–Crippen MR) is 74.9 cm³/mol. The van der Waals surface area contributed by atoms with Gasteiger partial charge in [0.15, 0.2) is 0 Å². The van der Waals surface area contributed by atoms with Gasteiger partial charge in [-0.2, -0.15) is 0 Å². The number of carbonyl (C=O) groups is 1. The van der Waals surface area contributed by atoms with Crippen LogP contribution in [-0.2, 0) is 9.53 Å². The minimum Gasteiger partial charge on any atom is -0.383 e. The number of hydrogen-bond acceptors (Lipinski definition) is 4. The Bertz CT molecular complexity index is 292. The van der Waals surface area contributed by atoms with Gasteiger partial charge in [-0.05, 0) is 45.2 Å². The number of amides is 1. The Hall–Kier alpha value is -0.650. The molecule has 5 heteroatoms. The van der Waals surface area contributed by atoms with Gasteiger partial charge in [-0.25, -0.2) is 0 Å². The zero-order chi connectivity index (χ0) is 13.7. The third-order valence-corrected chi connectivity index (χ3v) is 4.33. The van der Waals surface area contributed by atoms with Crippen molar-refractivity contribution >= 4 is 5.91 Å². The van der Waals surface area contributed by atoms with Gasteiger partial charge in [0.2, 0.25) is 5.91 Å². The number of carbonyl (C=O) groups excluding carboxylic acids is 1. The Balaban J connectivity index is 1.83. The summed E-state index contributed by atoms with van der Waals surface area (Å²) < 4.78 is 4.97. The molecule has 5 nitrogen and oxygen atoms in total. The van der Waals surface area contributed by atoms with Crippen LogP contribution in [-0.4, -0.2) is 67.7 Å². The van der Waals surface area contributed by atoms with Crippen LogP contribution in [0, 0.1) is 0 Å². The molecular formula is C14H27N3O2. The lowest BCUT2D eigenvalue weighted by atomic mass is 10.1. The number of nitrogens with two attached hydrogens (primary N) is 1. The highest BCUT2D eigenvalue weighted by atomic mass is 16.5. The molecule has 2 aliphatic rings. The number of rotatable bonds is 4. The summed E-state index contributed by atoms with van der Waals surface area (Å²) in [7, 11) is 1.58. The molecule has 2 saturated heterocycles. The van der Waals surface area contributed by atoms with Crippen LogP contribution in [0.1, 0.15) is 32.1 Å². The maximum atomic E-state index is 12.2. The van der Waals surface area contributed by atoms with Gasteiger partial charge in [0.25, 0.3) is 0 Å². The Morgan fingerprint density at radius 3 is 2.63 bits per heavy atom. The average molecular weight is 269 g/mol. The second kappa shape index (κ2) is 7.22. The predicted octanol–water partition coefficient (Wildman–Crippen LogP) is 0.437. The summed E-state index contributed by atoms with van der Waals surface area (Å²) in [5, 5.41) is 0. The molecule has 0 spiro atoms. The molecule has 2 unspecified atom stereocenters. The summed E-state index contributed by atoms with van der Waals surface area (Å²) in [6.07, 6.45) is 6.05. The van der Waals surface area contributed by atoms with E-state index in [0.717, 1.165) is 25.9 Å². The van der Waals surface area contributed by atoms with Crippen molar-refractivity contribution in [3.8, 4) is 0 Å². The van der Waals surface area contributed by atoms with E-state index in [4.69, 9.17) is 10.5 Å². The van der Waals surface area contributed by atoms with Crippen LogP contribution in [0.2, 0.25) is 0 Å². The van der Waals surface area contributed by atoms with Crippen LogP contribution in [0.5, 0.6) is 0 Å². The highest BCUT2D eigenvalue weighted by molar-refractivity contribution is 5.81. The first-order valence-corrected chi connectivity index (χ1v) is 7.49. The molecule has 19 heavy (non-hydrogen) atoms. The van der Waals surface area contributed by atoms with Crippen molar-refractivity contribution in [2.45, 2.75) is 44.2 Å². The van der Waals surface area contributed by atoms with Crippen molar-refractivity contribution in [3.63, 3.8) is 0 Å². The van der Waals surface area contributed by atoms with Crippen LogP contribution in [0.25, 0.3) is 0 Å². The van der Waals surface area contributed by atoms with E-state index in [2.05, 4.69) is 4.90 Å². The minimum absolute atomic E-state index is 0.0453. The third kappa shape index (κ3) is 3.91. The second-order valence-corrected chi connectivity index (χ2v) is 5.71. The van der Waals surface area contributed by atoms with Crippen LogP contribution >= 0.6 is 0 Å². The van der Waals surface area contributed by atoms with Gasteiger partial charge in [0, 0.05) is 26.2 Å². The van der Waals surface area contributed by atoms with Crippen molar-refractivity contribution in [2.24, 2.45) is 5.73 Å². The van der Waals surface area contributed by atoms with Gasteiger partial charge in [0.1, 0.15) is 6.04 Å². The maximum Gasteiger partial charge on any atom is 0.241 e. The van der Waals surface area contributed by atoms with Gasteiger partial charge < -0.3 is 20.3 Å². The van der Waals surface area contributed by atoms with Crippen molar-refractivity contribution in [1.29, 1.82) is 0 Å². The largest absolute Gasteiger partial charge is 0.383 e. The fraction of sp³-hybridized carbons (Fsp3) is 0.929. The Morgan fingerprint density at radius 2 is 1.95 bits per heavy atom. The van der Waals surface area contributed by atoms with E-state index in [0.29, 0.717) is 12.6 Å². The first-order chi connectivity index (χ1) is 9.22. The number of likely N-dealkylation sites (tertiary alicyclic amines) is 2. The molecule has 0 aromatic rings. The fourth-order valence-electron chi connectivity index (χ4n) is 3.26. The van der Waals surface area contributed by atoms with Crippen LogP contribution in [0.4, 0.5) is 0 Å². The Kier molecular flexibility index (Phi) is 5.60. The topological polar surface area (TPSA) is 58.8 Å². The lowest BCUT2D eigenvalue weighted by Crippen LogP contribution is -2.46. The summed E-state index contributed by atoms with van der Waals surface area (Å²) in [5.41, 5.74) is 5.84. The van der Waals surface area contributed by atoms with E-state index in [1.54, 1.807) is 7.11 Å². The molecule has 2 heterocycles. The monoisotopic (exact) mass is 269 g/mol. The molecule has 0 radical (unpaired) electrons. The molecule has 2 fully saturated rings. The standard InChI is InChI=1S/C14H27N3O2/c1-19-11-13(15)14(18)17-9-4-5-12(6-10-17)16-7-2-3-8-16/h12-13H,2-11,15H2,1H3. The van der Waals surface area contributed by atoms with Gasteiger partial charge in [-0.15, -0.1) is 0 Å². The molecule has 2 N–H and O–H groups in total. The van der Waals surface area contributed by atoms with E-state index >= 15 is 0 Å². The van der Waals surface area contributed by atoms with E-state index in [1.807, 2.05) is 4.90 Å². The summed E-state index contributed by atoms with van der Waals surface area (Å²) in [4.78, 5) is 16.7. The highest BCUT2D eigenvalue weighted by Gasteiger charge is 2.28. The summed E-state index contributed by atoms with van der Waals surface area (Å²) in [5.74, 6) is 0.0453. The first-order valence-electron chi connectivity index (χ1n) is 7.49. The molecule has 1 amide bonds. The van der Waals surface area contributed by atoms with Gasteiger partial charge in [0.05, 0.1) is 6.61 Å². The lowest BCUT2D eigenvalue weighted by Gasteiger charge is -2.27. The van der Waals surface area contributed by atoms with E-state index in [-0.39, 0.29) is 5.91 Å². The molecule has 0 aliphatic carbocycles. The zero-order valence-electron chi connectivity index (χ0n) is 12.0. The minimum atomic E-state index is -0.506. The summed E-state index contributed by atoms with van der Waals surface area (Å²) >= 11 is 0. The van der Waals surface area contributed by atoms with E-state index in [1.165, 1.54) is 32.4 Å². The zero-order valence-corrected chi connectivity index (χ0v) is 12.0. The van der Waals surface area contributed by atoms with E-state index < -0.39 is 6.04 Å². The van der Waals surface area contributed by atoms with Gasteiger partial charge in [-0.3, -0.25) is 4.79 Å². The van der Waals surface area contributed by atoms with Crippen LogP contribution in [0.3, 0.4) is 0 Å². The first kappa shape index (κ1) is 14.8. The SMILES string of the molecule is COCC(N)C(=O)N1CCCC(N2CCCC2)CC1. The fourth-order valence-corrected chi connectivity index (χ4v) is 3.26. The normalized spacial score (nSPS) is 27.3. The Morgan fingerprint density at radius 1 is 1.21 bits per heavy atom. The maximum absolute atomic E-state index is 12.2. The molecule has 2 aliphatic heterocycles. The van der Waals surface area contributed by atoms with Crippen LogP contribution in [0.15, 0.2) is 0 Å².